The lowest BCUT2D eigenvalue weighted by atomic mass is 9.99. The molecule has 2 atom stereocenters. The molecule has 0 saturated heterocycles. The molecule has 0 aromatic carbocycles. The molecular weight excluding hydrogens is 112 g/mol. The quantitative estimate of drug-likeness (QED) is 0.494. The maximum absolute atomic E-state index is 5.71. The lowest BCUT2D eigenvalue weighted by Crippen LogP contribution is -2.34. The van der Waals surface area contributed by atoms with E-state index in [1.54, 1.807) is 0 Å². The van der Waals surface area contributed by atoms with Crippen molar-refractivity contribution in [1.82, 2.24) is 5.32 Å². The zero-order valence-corrected chi connectivity index (χ0v) is 5.80. The summed E-state index contributed by atoms with van der Waals surface area (Å²) in [6, 6.07) is 0.876. The second kappa shape index (κ2) is 2.99. The van der Waals surface area contributed by atoms with Crippen LogP contribution in [0.15, 0.2) is 12.2 Å². The minimum atomic E-state index is 0.368. The molecule has 1 aliphatic rings. The molecule has 2 unspecified atom stereocenters. The fourth-order valence-electron chi connectivity index (χ4n) is 1.13. The third-order valence-electron chi connectivity index (χ3n) is 1.73. The van der Waals surface area contributed by atoms with Gasteiger partial charge in [0, 0.05) is 12.1 Å². The fourth-order valence-corrected chi connectivity index (χ4v) is 1.13. The van der Waals surface area contributed by atoms with Crippen LogP contribution in [0.5, 0.6) is 0 Å². The summed E-state index contributed by atoms with van der Waals surface area (Å²) in [5, 5.41) is 3.17. The van der Waals surface area contributed by atoms with Crippen molar-refractivity contribution in [2.75, 3.05) is 7.05 Å². The van der Waals surface area contributed by atoms with Crippen molar-refractivity contribution < 1.29 is 0 Å². The number of nitrogens with two attached hydrogens (primary N) is 1. The topological polar surface area (TPSA) is 38.0 Å². The van der Waals surface area contributed by atoms with Crippen LogP contribution >= 0.6 is 0 Å². The summed E-state index contributed by atoms with van der Waals surface area (Å²) < 4.78 is 0. The third kappa shape index (κ3) is 1.80. The highest BCUT2D eigenvalue weighted by Crippen LogP contribution is 2.08. The number of hydrogen-bond donors (Lipinski definition) is 2. The molecule has 0 aromatic rings. The molecule has 0 spiro atoms. The van der Waals surface area contributed by atoms with E-state index < -0.39 is 0 Å². The Balaban J connectivity index is 2.39. The molecule has 0 amide bonds. The van der Waals surface area contributed by atoms with Crippen LogP contribution in [-0.2, 0) is 0 Å². The molecule has 2 nitrogen and oxygen atoms in total. The van der Waals surface area contributed by atoms with Gasteiger partial charge in [0.05, 0.1) is 0 Å². The Morgan fingerprint density at radius 3 is 2.89 bits per heavy atom. The van der Waals surface area contributed by atoms with Crippen LogP contribution in [0.25, 0.3) is 0 Å². The lowest BCUT2D eigenvalue weighted by Gasteiger charge is -2.20. The van der Waals surface area contributed by atoms with E-state index >= 15 is 0 Å². The molecule has 2 heteroatoms. The Morgan fingerprint density at radius 1 is 1.67 bits per heavy atom. The summed E-state index contributed by atoms with van der Waals surface area (Å²) in [4.78, 5) is 0. The summed E-state index contributed by atoms with van der Waals surface area (Å²) >= 11 is 0. The predicted octanol–water partition coefficient (Wildman–Crippen LogP) is 0.252. The van der Waals surface area contributed by atoms with Crippen molar-refractivity contribution in [3.63, 3.8) is 0 Å². The number of likely N-dealkylation sites (N-methyl/N-ethyl adjacent to an activating group) is 1. The summed E-state index contributed by atoms with van der Waals surface area (Å²) in [5.41, 5.74) is 5.71. The molecule has 0 aromatic heterocycles. The van der Waals surface area contributed by atoms with Crippen LogP contribution in [0.4, 0.5) is 0 Å². The van der Waals surface area contributed by atoms with E-state index in [9.17, 15) is 0 Å². The second-order valence-electron chi connectivity index (χ2n) is 2.55. The first kappa shape index (κ1) is 6.78. The minimum absolute atomic E-state index is 0.368. The van der Waals surface area contributed by atoms with Gasteiger partial charge in [0.1, 0.15) is 0 Å². The maximum atomic E-state index is 5.71. The summed E-state index contributed by atoms with van der Waals surface area (Å²) in [6.07, 6.45) is 6.45. The van der Waals surface area contributed by atoms with Gasteiger partial charge in [-0.2, -0.15) is 0 Å². The smallest absolute Gasteiger partial charge is 0.0261 e. The largest absolute Gasteiger partial charge is 0.327 e. The first-order valence-electron chi connectivity index (χ1n) is 3.42. The highest BCUT2D eigenvalue weighted by atomic mass is 14.9. The molecule has 0 saturated carbocycles. The van der Waals surface area contributed by atoms with Gasteiger partial charge in [-0.15, -0.1) is 0 Å². The molecule has 9 heavy (non-hydrogen) atoms. The van der Waals surface area contributed by atoms with Crippen LogP contribution in [0.1, 0.15) is 12.8 Å². The van der Waals surface area contributed by atoms with Crippen molar-refractivity contribution in [1.29, 1.82) is 0 Å². The molecule has 1 aliphatic carbocycles. The minimum Gasteiger partial charge on any atom is -0.327 e. The third-order valence-corrected chi connectivity index (χ3v) is 1.73. The molecule has 0 bridgehead atoms. The average Bonchev–Trinajstić information content (AvgIpc) is 1.88. The summed E-state index contributed by atoms with van der Waals surface area (Å²) in [5.74, 6) is 0. The predicted molar refractivity (Wildman–Crippen MR) is 39.2 cm³/mol. The Morgan fingerprint density at radius 2 is 2.44 bits per heavy atom. The summed E-state index contributed by atoms with van der Waals surface area (Å²) in [6.45, 7) is 0. The standard InChI is InChI=1S/C7H14N2/c1-9-7-4-2-3-6(8)5-7/h2,4,6-7,9H,3,5,8H2,1H3. The molecule has 1 rings (SSSR count). The molecule has 0 aliphatic heterocycles. The first-order chi connectivity index (χ1) is 4.33. The monoisotopic (exact) mass is 126 g/mol. The van der Waals surface area contributed by atoms with E-state index in [0.29, 0.717) is 12.1 Å². The fraction of sp³-hybridized carbons (Fsp3) is 0.714. The Labute approximate surface area is 56.1 Å². The van der Waals surface area contributed by atoms with E-state index in [1.807, 2.05) is 7.05 Å². The van der Waals surface area contributed by atoms with Crippen molar-refractivity contribution >= 4 is 0 Å². The molecule has 0 radical (unpaired) electrons. The number of hydrogen-bond acceptors (Lipinski definition) is 2. The van der Waals surface area contributed by atoms with Gasteiger partial charge in [0.25, 0.3) is 0 Å². The highest BCUT2D eigenvalue weighted by molar-refractivity contribution is 5.01. The molecular formula is C7H14N2. The van der Waals surface area contributed by atoms with E-state index in [-0.39, 0.29) is 0 Å². The van der Waals surface area contributed by atoms with Gasteiger partial charge in [-0.05, 0) is 19.9 Å². The van der Waals surface area contributed by atoms with Gasteiger partial charge in [0.2, 0.25) is 0 Å². The molecule has 0 heterocycles. The van der Waals surface area contributed by atoms with E-state index in [1.165, 1.54) is 0 Å². The van der Waals surface area contributed by atoms with Crippen molar-refractivity contribution in [3.05, 3.63) is 12.2 Å². The van der Waals surface area contributed by atoms with E-state index in [2.05, 4.69) is 17.5 Å². The van der Waals surface area contributed by atoms with Crippen LogP contribution in [0.3, 0.4) is 0 Å². The van der Waals surface area contributed by atoms with Gasteiger partial charge in [-0.3, -0.25) is 0 Å². The highest BCUT2D eigenvalue weighted by Gasteiger charge is 2.11. The van der Waals surface area contributed by atoms with Crippen molar-refractivity contribution in [2.24, 2.45) is 5.73 Å². The summed E-state index contributed by atoms with van der Waals surface area (Å²) in [7, 11) is 1.97. The van der Waals surface area contributed by atoms with Crippen molar-refractivity contribution in [3.8, 4) is 0 Å². The van der Waals surface area contributed by atoms with Gasteiger partial charge < -0.3 is 11.1 Å². The van der Waals surface area contributed by atoms with Gasteiger partial charge >= 0.3 is 0 Å². The second-order valence-corrected chi connectivity index (χ2v) is 2.55. The SMILES string of the molecule is CNC1C=CCC(N)C1. The van der Waals surface area contributed by atoms with E-state index in [0.717, 1.165) is 12.8 Å². The first-order valence-corrected chi connectivity index (χ1v) is 3.42. The number of rotatable bonds is 1. The normalized spacial score (nSPS) is 34.9. The van der Waals surface area contributed by atoms with Gasteiger partial charge in [0.15, 0.2) is 0 Å². The van der Waals surface area contributed by atoms with Crippen LogP contribution in [-0.4, -0.2) is 19.1 Å². The van der Waals surface area contributed by atoms with E-state index in [4.69, 9.17) is 5.73 Å². The van der Waals surface area contributed by atoms with Crippen molar-refractivity contribution in [2.45, 2.75) is 24.9 Å². The molecule has 3 N–H and O–H groups in total. The Hall–Kier alpha value is -0.340. The van der Waals surface area contributed by atoms with Crippen LogP contribution in [0, 0.1) is 0 Å². The van der Waals surface area contributed by atoms with Crippen LogP contribution < -0.4 is 11.1 Å². The number of nitrogens with one attached hydrogen (secondary N) is 1. The maximum Gasteiger partial charge on any atom is 0.0261 e. The van der Waals surface area contributed by atoms with Crippen LogP contribution in [0.2, 0.25) is 0 Å². The molecule has 0 fully saturated rings. The Kier molecular flexibility index (Phi) is 2.25. The zero-order valence-electron chi connectivity index (χ0n) is 5.80. The Bertz CT molecular complexity index is 109. The average molecular weight is 126 g/mol. The zero-order chi connectivity index (χ0) is 6.69. The van der Waals surface area contributed by atoms with Gasteiger partial charge in [-0.25, -0.2) is 0 Å². The molecule has 52 valence electrons. The lowest BCUT2D eigenvalue weighted by molar-refractivity contribution is 0.506. The van der Waals surface area contributed by atoms with Gasteiger partial charge in [-0.1, -0.05) is 12.2 Å².